The number of carbonyl (C=O) groups excluding carboxylic acids is 1. The Hall–Kier alpha value is -3.60. The maximum absolute atomic E-state index is 12.7. The number of Topliss-reactive ketones (excluding diaryl/α,β-unsaturated/α-hetero) is 1. The van der Waals surface area contributed by atoms with E-state index in [9.17, 15) is 35.1 Å². The van der Waals surface area contributed by atoms with E-state index in [2.05, 4.69) is 0 Å². The first-order valence-electron chi connectivity index (χ1n) is 7.24. The molecule has 0 spiro atoms. The molecule has 1 aliphatic rings. The second kappa shape index (κ2) is 6.29. The maximum atomic E-state index is 12.7. The van der Waals surface area contributed by atoms with Crippen molar-refractivity contribution in [1.29, 1.82) is 0 Å². The van der Waals surface area contributed by atoms with Gasteiger partial charge in [-0.25, -0.2) is 0 Å². The van der Waals surface area contributed by atoms with Crippen LogP contribution in [0, 0.1) is 30.3 Å². The fraction of sp³-hybridized carbons (Fsp3) is 0.133. The van der Waals surface area contributed by atoms with Crippen molar-refractivity contribution < 1.29 is 24.3 Å². The number of ketones is 1. The Balaban J connectivity index is 2.14. The Morgan fingerprint density at radius 1 is 0.926 bits per heavy atom. The van der Waals surface area contributed by atoms with Gasteiger partial charge in [0.05, 0.1) is 20.3 Å². The van der Waals surface area contributed by atoms with Gasteiger partial charge in [0, 0.05) is 29.8 Å². The van der Waals surface area contributed by atoms with Gasteiger partial charge in [0.15, 0.2) is 0 Å². The van der Waals surface area contributed by atoms with Gasteiger partial charge in [0.25, 0.3) is 17.2 Å². The van der Waals surface area contributed by atoms with Gasteiger partial charge in [-0.15, -0.1) is 0 Å². The summed E-state index contributed by atoms with van der Waals surface area (Å²) >= 11 is 6.05. The van der Waals surface area contributed by atoms with E-state index in [0.717, 1.165) is 30.3 Å². The summed E-state index contributed by atoms with van der Waals surface area (Å²) in [5.74, 6) is -1.30. The predicted octanol–water partition coefficient (Wildman–Crippen LogP) is 3.03. The smallest absolute Gasteiger partial charge is 0.397 e. The Bertz CT molecular complexity index is 993. The lowest BCUT2D eigenvalue weighted by atomic mass is 9.90. The van der Waals surface area contributed by atoms with Crippen LogP contribution in [-0.2, 0) is 0 Å². The zero-order valence-corrected chi connectivity index (χ0v) is 13.9. The molecule has 0 fully saturated rings. The maximum Gasteiger partial charge on any atom is 0.397 e. The minimum Gasteiger partial charge on any atom is -0.475 e. The van der Waals surface area contributed by atoms with Gasteiger partial charge < -0.3 is 4.74 Å². The van der Waals surface area contributed by atoms with Crippen LogP contribution in [0.15, 0.2) is 42.5 Å². The van der Waals surface area contributed by atoms with Gasteiger partial charge in [-0.2, -0.15) is 0 Å². The highest BCUT2D eigenvalue weighted by molar-refractivity contribution is 6.37. The Labute approximate surface area is 154 Å². The molecule has 0 N–H and O–H groups in total. The molecule has 27 heavy (non-hydrogen) atoms. The molecular formula is C15H8ClN3O8. The highest BCUT2D eigenvalue weighted by atomic mass is 35.5. The normalized spacial score (nSPS) is 21.1. The Morgan fingerprint density at radius 3 is 2.00 bits per heavy atom. The third-order valence-electron chi connectivity index (χ3n) is 4.00. The van der Waals surface area contributed by atoms with Gasteiger partial charge in [0.2, 0.25) is 6.10 Å². The van der Waals surface area contributed by atoms with Crippen LogP contribution in [0.1, 0.15) is 22.0 Å². The van der Waals surface area contributed by atoms with Crippen molar-refractivity contribution in [3.63, 3.8) is 0 Å². The molecule has 1 aliphatic heterocycles. The monoisotopic (exact) mass is 393 g/mol. The number of non-ortho nitro benzene ring substituents is 2. The molecule has 2 atom stereocenters. The van der Waals surface area contributed by atoms with E-state index >= 15 is 0 Å². The van der Waals surface area contributed by atoms with E-state index in [0.29, 0.717) is 0 Å². The van der Waals surface area contributed by atoms with Crippen LogP contribution in [0.2, 0.25) is 0 Å². The van der Waals surface area contributed by atoms with Crippen molar-refractivity contribution >= 4 is 28.8 Å². The number of hydrogen-bond acceptors (Lipinski definition) is 8. The number of ether oxygens (including phenoxy) is 1. The van der Waals surface area contributed by atoms with Gasteiger partial charge >= 0.3 is 5.00 Å². The van der Waals surface area contributed by atoms with E-state index in [1.165, 1.54) is 12.1 Å². The zero-order chi connectivity index (χ0) is 19.9. The van der Waals surface area contributed by atoms with Crippen molar-refractivity contribution in [1.82, 2.24) is 0 Å². The molecule has 11 nitrogen and oxygen atoms in total. The van der Waals surface area contributed by atoms with Crippen molar-refractivity contribution in [2.45, 2.75) is 11.1 Å². The third kappa shape index (κ3) is 2.83. The van der Waals surface area contributed by atoms with Crippen LogP contribution in [0.3, 0.4) is 0 Å². The molecule has 0 aromatic heterocycles. The quantitative estimate of drug-likeness (QED) is 0.332. The van der Waals surface area contributed by atoms with Crippen molar-refractivity contribution in [3.8, 4) is 5.75 Å². The number of benzene rings is 2. The zero-order valence-electron chi connectivity index (χ0n) is 13.1. The number of nitro benzene ring substituents is 2. The number of nitro groups is 3. The molecule has 0 radical (unpaired) electrons. The van der Waals surface area contributed by atoms with Gasteiger partial charge in [-0.1, -0.05) is 0 Å². The highest BCUT2D eigenvalue weighted by Gasteiger charge is 2.62. The molecule has 0 saturated heterocycles. The number of nitrogens with zero attached hydrogens (tertiary/aromatic N) is 3. The molecule has 12 heteroatoms. The number of alkyl halides is 1. The number of fused-ring (bicyclic) bond motifs is 1. The molecule has 2 aromatic carbocycles. The summed E-state index contributed by atoms with van der Waals surface area (Å²) < 4.78 is 5.51. The summed E-state index contributed by atoms with van der Waals surface area (Å²) in [6, 6.07) is 7.62. The Kier molecular flexibility index (Phi) is 4.24. The minimum atomic E-state index is -2.79. The van der Waals surface area contributed by atoms with Gasteiger partial charge in [-0.05, 0) is 29.8 Å². The molecule has 0 amide bonds. The summed E-state index contributed by atoms with van der Waals surface area (Å²) in [5, 5.41) is 33.3. The summed E-state index contributed by atoms with van der Waals surface area (Å²) in [4.78, 5) is 40.7. The van der Waals surface area contributed by atoms with Crippen LogP contribution in [-0.4, -0.2) is 25.6 Å². The standard InChI is InChI=1S/C15H8ClN3O8/c16-15(19(25)26)13(20)11-7-10(18(23)24)5-6-12(11)27-14(15)8-1-3-9(4-2-8)17(21)22/h1-7,14H. The molecular weight excluding hydrogens is 386 g/mol. The first kappa shape index (κ1) is 18.2. The molecule has 138 valence electrons. The second-order valence-electron chi connectivity index (χ2n) is 5.54. The number of rotatable bonds is 4. The van der Waals surface area contributed by atoms with E-state index < -0.39 is 42.9 Å². The highest BCUT2D eigenvalue weighted by Crippen LogP contribution is 2.46. The van der Waals surface area contributed by atoms with E-state index in [1.807, 2.05) is 0 Å². The molecule has 1 heterocycles. The third-order valence-corrected chi connectivity index (χ3v) is 4.51. The largest absolute Gasteiger partial charge is 0.475 e. The van der Waals surface area contributed by atoms with E-state index in [1.54, 1.807) is 0 Å². The summed E-state index contributed by atoms with van der Waals surface area (Å²) in [6.45, 7) is 0. The SMILES string of the molecule is O=C1c2cc([N+](=O)[O-])ccc2OC(c2ccc([N+](=O)[O-])cc2)C1(Cl)[N+](=O)[O-]. The fourth-order valence-corrected chi connectivity index (χ4v) is 2.94. The fourth-order valence-electron chi connectivity index (χ4n) is 2.66. The molecule has 0 aliphatic carbocycles. The lowest BCUT2D eigenvalue weighted by Crippen LogP contribution is -2.51. The average Bonchev–Trinajstić information content (AvgIpc) is 2.64. The lowest BCUT2D eigenvalue weighted by Gasteiger charge is -2.32. The van der Waals surface area contributed by atoms with Gasteiger partial charge in [0.1, 0.15) is 5.75 Å². The Morgan fingerprint density at radius 2 is 1.48 bits per heavy atom. The van der Waals surface area contributed by atoms with Crippen LogP contribution in [0.25, 0.3) is 0 Å². The number of carbonyl (C=O) groups is 1. The lowest BCUT2D eigenvalue weighted by molar-refractivity contribution is -0.536. The summed E-state index contributed by atoms with van der Waals surface area (Å²) in [6.07, 6.45) is -1.60. The topological polar surface area (TPSA) is 156 Å². The van der Waals surface area contributed by atoms with Crippen molar-refractivity contribution in [2.24, 2.45) is 0 Å². The van der Waals surface area contributed by atoms with Crippen molar-refractivity contribution in [2.75, 3.05) is 0 Å². The van der Waals surface area contributed by atoms with E-state index in [-0.39, 0.29) is 17.0 Å². The summed E-state index contributed by atoms with van der Waals surface area (Å²) in [7, 11) is 0. The van der Waals surface area contributed by atoms with Gasteiger partial charge in [-0.3, -0.25) is 35.1 Å². The minimum absolute atomic E-state index is 0.0599. The number of hydrogen-bond donors (Lipinski definition) is 0. The predicted molar refractivity (Wildman–Crippen MR) is 89.5 cm³/mol. The van der Waals surface area contributed by atoms with E-state index in [4.69, 9.17) is 16.3 Å². The first-order valence-corrected chi connectivity index (χ1v) is 7.61. The molecule has 0 saturated carbocycles. The molecule has 2 aromatic rings. The molecule has 3 rings (SSSR count). The van der Waals surface area contributed by atoms with Crippen LogP contribution < -0.4 is 4.74 Å². The van der Waals surface area contributed by atoms with Crippen LogP contribution in [0.5, 0.6) is 5.75 Å². The van der Waals surface area contributed by atoms with Crippen LogP contribution >= 0.6 is 11.6 Å². The van der Waals surface area contributed by atoms with Crippen LogP contribution in [0.4, 0.5) is 11.4 Å². The second-order valence-corrected chi connectivity index (χ2v) is 6.12. The first-order chi connectivity index (χ1) is 12.7. The average molecular weight is 394 g/mol. The molecule has 2 unspecified atom stereocenters. The number of halogens is 1. The van der Waals surface area contributed by atoms with Crippen molar-refractivity contribution in [3.05, 3.63) is 83.9 Å². The molecule has 0 bridgehead atoms. The summed E-state index contributed by atoms with van der Waals surface area (Å²) in [5.41, 5.74) is -1.06.